The average molecular weight is 667 g/mol. The maximum atomic E-state index is 14.8. The highest BCUT2D eigenvalue weighted by Crippen LogP contribution is 2.38. The Morgan fingerprint density at radius 3 is 1.85 bits per heavy atom. The van der Waals surface area contributed by atoms with Gasteiger partial charge in [0.1, 0.15) is 28.8 Å². The highest BCUT2D eigenvalue weighted by Gasteiger charge is 2.42. The van der Waals surface area contributed by atoms with Gasteiger partial charge >= 0.3 is 12.5 Å². The van der Waals surface area contributed by atoms with Crippen molar-refractivity contribution in [3.8, 4) is 29.4 Å². The number of unbranched alkanes of at least 4 members (excludes halogenated alkanes) is 2. The summed E-state index contributed by atoms with van der Waals surface area (Å²) in [5, 5.41) is 0. The van der Waals surface area contributed by atoms with Gasteiger partial charge in [0.05, 0.1) is 5.92 Å². The summed E-state index contributed by atoms with van der Waals surface area (Å²) in [7, 11) is 0. The van der Waals surface area contributed by atoms with Crippen molar-refractivity contribution in [3.63, 3.8) is 0 Å². The van der Waals surface area contributed by atoms with Crippen LogP contribution in [0.2, 0.25) is 0 Å². The molecule has 246 valence electrons. The van der Waals surface area contributed by atoms with Crippen LogP contribution in [0.5, 0.6) is 5.75 Å². The van der Waals surface area contributed by atoms with E-state index in [-0.39, 0.29) is 17.5 Å². The molecule has 0 saturated carbocycles. The first kappa shape index (κ1) is 35.0. The van der Waals surface area contributed by atoms with Gasteiger partial charge in [0.2, 0.25) is 5.75 Å². The Hall–Kier alpha value is -4.84. The van der Waals surface area contributed by atoms with Crippen LogP contribution in [0, 0.1) is 52.9 Å². The quantitative estimate of drug-likeness (QED) is 0.135. The Bertz CT molecular complexity index is 1750. The molecule has 2 nitrogen and oxygen atoms in total. The summed E-state index contributed by atoms with van der Waals surface area (Å²) in [6.45, 7) is 1.95. The summed E-state index contributed by atoms with van der Waals surface area (Å²) in [5.41, 5.74) is -0.844. The number of alkyl halides is 5. The van der Waals surface area contributed by atoms with Crippen molar-refractivity contribution in [1.29, 1.82) is 0 Å². The zero-order chi connectivity index (χ0) is 34.4. The van der Waals surface area contributed by atoms with Crippen LogP contribution in [0.1, 0.15) is 60.4 Å². The van der Waals surface area contributed by atoms with E-state index in [4.69, 9.17) is 0 Å². The van der Waals surface area contributed by atoms with Crippen LogP contribution < -0.4 is 4.74 Å². The Morgan fingerprint density at radius 2 is 1.30 bits per heavy atom. The second kappa shape index (κ2) is 14.7. The van der Waals surface area contributed by atoms with Crippen molar-refractivity contribution < 1.29 is 53.4 Å². The number of allylic oxidation sites excluding steroid dienone is 3. The minimum Gasteiger partial charge on any atom is -0.429 e. The number of halogens is 10. The van der Waals surface area contributed by atoms with Gasteiger partial charge < -0.3 is 9.47 Å². The van der Waals surface area contributed by atoms with Crippen molar-refractivity contribution >= 4 is 0 Å². The normalized spacial score (nSPS) is 14.7. The first-order valence-electron chi connectivity index (χ1n) is 14.2. The van der Waals surface area contributed by atoms with Gasteiger partial charge in [0.15, 0.2) is 11.6 Å². The highest BCUT2D eigenvalue weighted by atomic mass is 19.4. The van der Waals surface area contributed by atoms with E-state index in [0.29, 0.717) is 42.2 Å². The van der Waals surface area contributed by atoms with Crippen molar-refractivity contribution in [2.75, 3.05) is 0 Å². The maximum Gasteiger partial charge on any atom is 0.573 e. The molecule has 3 aromatic rings. The van der Waals surface area contributed by atoms with Crippen molar-refractivity contribution in [2.24, 2.45) is 5.92 Å². The third-order valence-corrected chi connectivity index (χ3v) is 6.72. The molecule has 0 saturated heterocycles. The lowest BCUT2D eigenvalue weighted by Gasteiger charge is -2.22. The zero-order valence-corrected chi connectivity index (χ0v) is 24.5. The first-order valence-corrected chi connectivity index (χ1v) is 14.2. The molecule has 0 aliphatic heterocycles. The van der Waals surface area contributed by atoms with E-state index in [9.17, 15) is 43.9 Å². The molecule has 0 amide bonds. The molecule has 0 heterocycles. The van der Waals surface area contributed by atoms with Gasteiger partial charge in [-0.3, -0.25) is 0 Å². The van der Waals surface area contributed by atoms with Gasteiger partial charge in [-0.1, -0.05) is 43.4 Å². The molecule has 3 aromatic carbocycles. The fraction of sp³-hybridized carbons (Fsp3) is 0.257. The van der Waals surface area contributed by atoms with Crippen LogP contribution in [0.3, 0.4) is 0 Å². The zero-order valence-electron chi connectivity index (χ0n) is 24.5. The highest BCUT2D eigenvalue weighted by molar-refractivity contribution is 5.48. The molecule has 1 unspecified atom stereocenters. The molecule has 1 aliphatic carbocycles. The molecule has 0 bridgehead atoms. The van der Waals surface area contributed by atoms with E-state index in [1.807, 2.05) is 6.92 Å². The second-order valence-corrected chi connectivity index (χ2v) is 10.3. The minimum atomic E-state index is -5.28. The van der Waals surface area contributed by atoms with Gasteiger partial charge in [0.25, 0.3) is 0 Å². The van der Waals surface area contributed by atoms with E-state index in [1.165, 1.54) is 24.3 Å². The lowest BCUT2D eigenvalue weighted by Crippen LogP contribution is -2.22. The van der Waals surface area contributed by atoms with Gasteiger partial charge in [-0.15, -0.1) is 13.2 Å². The van der Waals surface area contributed by atoms with Gasteiger partial charge in [-0.25, -0.2) is 22.0 Å². The number of hydrogen-bond donors (Lipinski definition) is 0. The molecule has 0 N–H and O–H groups in total. The summed E-state index contributed by atoms with van der Waals surface area (Å²) in [6, 6.07) is 8.77. The van der Waals surface area contributed by atoms with Crippen LogP contribution in [-0.4, -0.2) is 6.36 Å². The van der Waals surface area contributed by atoms with Crippen molar-refractivity contribution in [3.05, 3.63) is 123 Å². The maximum absolute atomic E-state index is 14.8. The molecule has 0 aromatic heterocycles. The minimum absolute atomic E-state index is 0.175. The molecular formula is C35H24F10O2. The molecule has 0 fully saturated rings. The Labute approximate surface area is 263 Å². The van der Waals surface area contributed by atoms with Crippen LogP contribution in [0.4, 0.5) is 43.9 Å². The van der Waals surface area contributed by atoms with E-state index in [2.05, 4.69) is 33.2 Å². The number of aryl methyl sites for hydroxylation is 1. The molecule has 0 spiro atoms. The third kappa shape index (κ3) is 9.58. The van der Waals surface area contributed by atoms with Crippen LogP contribution in [0.25, 0.3) is 0 Å². The largest absolute Gasteiger partial charge is 0.573 e. The predicted molar refractivity (Wildman–Crippen MR) is 152 cm³/mol. The monoisotopic (exact) mass is 666 g/mol. The molecular weight excluding hydrogens is 642 g/mol. The van der Waals surface area contributed by atoms with E-state index in [1.54, 1.807) is 0 Å². The lowest BCUT2D eigenvalue weighted by molar-refractivity contribution is -0.276. The summed E-state index contributed by atoms with van der Waals surface area (Å²) < 4.78 is 146. The van der Waals surface area contributed by atoms with Crippen molar-refractivity contribution in [1.82, 2.24) is 0 Å². The van der Waals surface area contributed by atoms with Crippen LogP contribution in [0.15, 0.2) is 72.3 Å². The summed E-state index contributed by atoms with van der Waals surface area (Å²) >= 11 is 0. The SMILES string of the molecule is CCCCCc1cc(F)c(C(F)(F)OC2=CCC(C#Cc3ccc(C#Cc4cc(F)c(OC(F)(F)F)c(F)c4)cc3)C(F)=C2)c(F)c1. The second-order valence-electron chi connectivity index (χ2n) is 10.3. The summed E-state index contributed by atoms with van der Waals surface area (Å²) in [4.78, 5) is 0. The number of benzene rings is 3. The smallest absolute Gasteiger partial charge is 0.429 e. The fourth-order valence-electron chi connectivity index (χ4n) is 4.46. The Balaban J connectivity index is 1.39. The van der Waals surface area contributed by atoms with Gasteiger partial charge in [0, 0.05) is 22.8 Å². The summed E-state index contributed by atoms with van der Waals surface area (Å²) in [6.07, 6.45) is -5.44. The molecule has 1 aliphatic rings. The molecule has 1 atom stereocenters. The standard InChI is InChI=1S/C35H24F10O2/c1-2-3-4-5-23-16-28(37)32(29(38)17-23)34(41,42)46-26-15-14-25(27(36)20-26)13-12-22-8-6-21(7-9-22)10-11-24-18-30(39)33(31(40)19-24)47-35(43,44)45/h6-9,15-20,25H,2-5,14H2,1H3. The van der Waals surface area contributed by atoms with E-state index in [0.717, 1.165) is 31.1 Å². The lowest BCUT2D eigenvalue weighted by atomic mass is 9.98. The number of rotatable bonds is 8. The third-order valence-electron chi connectivity index (χ3n) is 6.72. The predicted octanol–water partition coefficient (Wildman–Crippen LogP) is 10.1. The topological polar surface area (TPSA) is 18.5 Å². The molecule has 47 heavy (non-hydrogen) atoms. The first-order chi connectivity index (χ1) is 22.1. The van der Waals surface area contributed by atoms with Gasteiger partial charge in [-0.2, -0.15) is 8.78 Å². The van der Waals surface area contributed by atoms with Crippen molar-refractivity contribution in [2.45, 2.75) is 51.5 Å². The molecule has 4 rings (SSSR count). The number of hydrogen-bond acceptors (Lipinski definition) is 2. The van der Waals surface area contributed by atoms with E-state index < -0.39 is 64.6 Å². The van der Waals surface area contributed by atoms with Gasteiger partial charge in [-0.05, 0) is 79.4 Å². The number of ether oxygens (including phenoxy) is 2. The average Bonchev–Trinajstić information content (AvgIpc) is 2.97. The molecule has 12 heteroatoms. The molecule has 0 radical (unpaired) electrons. The van der Waals surface area contributed by atoms with Crippen LogP contribution in [-0.2, 0) is 17.3 Å². The van der Waals surface area contributed by atoms with Crippen LogP contribution >= 0.6 is 0 Å². The fourth-order valence-corrected chi connectivity index (χ4v) is 4.46. The summed E-state index contributed by atoms with van der Waals surface area (Å²) in [5.74, 6) is 0.0748. The Kier molecular flexibility index (Phi) is 11.0. The Morgan fingerprint density at radius 1 is 0.723 bits per heavy atom. The van der Waals surface area contributed by atoms with E-state index >= 15 is 0 Å².